The van der Waals surface area contributed by atoms with E-state index in [4.69, 9.17) is 5.73 Å². The van der Waals surface area contributed by atoms with Crippen molar-refractivity contribution < 1.29 is 9.18 Å². The molecule has 2 rings (SSSR count). The summed E-state index contributed by atoms with van der Waals surface area (Å²) in [4.78, 5) is 15.2. The zero-order chi connectivity index (χ0) is 11.5. The fourth-order valence-corrected chi connectivity index (χ4v) is 1.09. The molecule has 16 heavy (non-hydrogen) atoms. The molecule has 0 aliphatic heterocycles. The highest BCUT2D eigenvalue weighted by atomic mass is 19.1. The van der Waals surface area contributed by atoms with Gasteiger partial charge in [-0.25, -0.2) is 9.37 Å². The van der Waals surface area contributed by atoms with Gasteiger partial charge in [-0.1, -0.05) is 0 Å². The monoisotopic (exact) mass is 221 g/mol. The minimum Gasteiger partial charge on any atom is -0.382 e. The van der Waals surface area contributed by atoms with Gasteiger partial charge in [0.1, 0.15) is 23.1 Å². The normalized spacial score (nSPS) is 10.1. The Morgan fingerprint density at radius 3 is 2.88 bits per heavy atom. The topological polar surface area (TPSA) is 96.7 Å². The van der Waals surface area contributed by atoms with Gasteiger partial charge in [0, 0.05) is 6.07 Å². The molecule has 4 N–H and O–H groups in total. The summed E-state index contributed by atoms with van der Waals surface area (Å²) >= 11 is 0. The minimum atomic E-state index is -0.469. The molecule has 2 heterocycles. The van der Waals surface area contributed by atoms with Gasteiger partial charge in [-0.05, 0) is 12.1 Å². The first-order chi connectivity index (χ1) is 7.65. The van der Waals surface area contributed by atoms with E-state index in [1.807, 2.05) is 0 Å². The van der Waals surface area contributed by atoms with Gasteiger partial charge in [0.25, 0.3) is 5.91 Å². The predicted molar refractivity (Wildman–Crippen MR) is 55.1 cm³/mol. The number of carbonyl (C=O) groups excluding carboxylic acids is 1. The Morgan fingerprint density at radius 2 is 2.31 bits per heavy atom. The van der Waals surface area contributed by atoms with Gasteiger partial charge >= 0.3 is 0 Å². The van der Waals surface area contributed by atoms with Crippen molar-refractivity contribution in [3.63, 3.8) is 0 Å². The second-order valence-electron chi connectivity index (χ2n) is 3.02. The third kappa shape index (κ3) is 2.14. The van der Waals surface area contributed by atoms with E-state index in [0.29, 0.717) is 0 Å². The van der Waals surface area contributed by atoms with Gasteiger partial charge in [-0.15, -0.1) is 0 Å². The van der Waals surface area contributed by atoms with E-state index in [0.717, 1.165) is 6.20 Å². The average molecular weight is 221 g/mol. The number of amides is 1. The van der Waals surface area contributed by atoms with E-state index >= 15 is 0 Å². The number of pyridine rings is 1. The van der Waals surface area contributed by atoms with Crippen molar-refractivity contribution >= 4 is 17.5 Å². The lowest BCUT2D eigenvalue weighted by Gasteiger charge is -2.01. The summed E-state index contributed by atoms with van der Waals surface area (Å²) in [5, 5.41) is 8.51. The number of nitrogen functional groups attached to an aromatic ring is 1. The number of halogens is 1. The molecule has 6 nitrogen and oxygen atoms in total. The number of rotatable bonds is 2. The highest BCUT2D eigenvalue weighted by molar-refractivity contribution is 6.02. The maximum absolute atomic E-state index is 12.5. The second kappa shape index (κ2) is 3.97. The molecule has 0 bridgehead atoms. The van der Waals surface area contributed by atoms with Gasteiger partial charge in [-0.2, -0.15) is 5.10 Å². The third-order valence-corrected chi connectivity index (χ3v) is 1.81. The van der Waals surface area contributed by atoms with Crippen molar-refractivity contribution in [3.8, 4) is 0 Å². The summed E-state index contributed by atoms with van der Waals surface area (Å²) in [6, 6.07) is 3.94. The van der Waals surface area contributed by atoms with Gasteiger partial charge in [0.05, 0.1) is 6.20 Å². The lowest BCUT2D eigenvalue weighted by atomic mass is 10.4. The maximum Gasteiger partial charge on any atom is 0.274 e. The van der Waals surface area contributed by atoms with Crippen LogP contribution in [0.4, 0.5) is 16.0 Å². The Kier molecular flexibility index (Phi) is 2.50. The highest BCUT2D eigenvalue weighted by Crippen LogP contribution is 2.07. The molecular weight excluding hydrogens is 213 g/mol. The van der Waals surface area contributed by atoms with E-state index in [1.165, 1.54) is 18.2 Å². The van der Waals surface area contributed by atoms with Gasteiger partial charge < -0.3 is 11.1 Å². The average Bonchev–Trinajstić information content (AvgIpc) is 2.68. The molecule has 1 amide bonds. The van der Waals surface area contributed by atoms with Crippen LogP contribution in [0, 0.1) is 5.82 Å². The molecule has 82 valence electrons. The molecule has 0 fully saturated rings. The SMILES string of the molecule is Nc1cc(C(=O)Nc2ccc(F)cn2)[nH]n1. The van der Waals surface area contributed by atoms with Crippen LogP contribution in [-0.2, 0) is 0 Å². The fourth-order valence-electron chi connectivity index (χ4n) is 1.09. The quantitative estimate of drug-likeness (QED) is 0.698. The molecule has 0 spiro atoms. The number of hydrogen-bond donors (Lipinski definition) is 3. The van der Waals surface area contributed by atoms with E-state index in [9.17, 15) is 9.18 Å². The van der Waals surface area contributed by atoms with Crippen LogP contribution >= 0.6 is 0 Å². The van der Waals surface area contributed by atoms with Crippen LogP contribution in [0.5, 0.6) is 0 Å². The minimum absolute atomic E-state index is 0.212. The van der Waals surface area contributed by atoms with E-state index in [-0.39, 0.29) is 17.3 Å². The Morgan fingerprint density at radius 1 is 1.50 bits per heavy atom. The maximum atomic E-state index is 12.5. The summed E-state index contributed by atoms with van der Waals surface area (Å²) in [6.45, 7) is 0. The molecule has 7 heteroatoms. The Bertz CT molecular complexity index is 507. The predicted octanol–water partition coefficient (Wildman–Crippen LogP) is 0.778. The van der Waals surface area contributed by atoms with Crippen molar-refractivity contribution in [2.45, 2.75) is 0 Å². The molecular formula is C9H8FN5O. The largest absolute Gasteiger partial charge is 0.382 e. The first kappa shape index (κ1) is 10.1. The van der Waals surface area contributed by atoms with Gasteiger partial charge in [0.2, 0.25) is 0 Å². The van der Waals surface area contributed by atoms with E-state index in [2.05, 4.69) is 20.5 Å². The van der Waals surface area contributed by atoms with Crippen molar-refractivity contribution in [3.05, 3.63) is 35.9 Å². The number of aromatic nitrogens is 3. The zero-order valence-electron chi connectivity index (χ0n) is 8.07. The number of carbonyl (C=O) groups is 1. The second-order valence-corrected chi connectivity index (χ2v) is 3.02. The van der Waals surface area contributed by atoms with Crippen molar-refractivity contribution in [1.82, 2.24) is 15.2 Å². The molecule has 0 aromatic carbocycles. The van der Waals surface area contributed by atoms with E-state index < -0.39 is 11.7 Å². The number of nitrogens with zero attached hydrogens (tertiary/aromatic N) is 2. The Balaban J connectivity index is 2.10. The van der Waals surface area contributed by atoms with Crippen LogP contribution in [0.3, 0.4) is 0 Å². The highest BCUT2D eigenvalue weighted by Gasteiger charge is 2.09. The standard InChI is InChI=1S/C9H8FN5O/c10-5-1-2-8(12-4-5)13-9(16)6-3-7(11)15-14-6/h1-4H,(H3,11,14,15)(H,12,13,16). The summed E-state index contributed by atoms with van der Waals surface area (Å²) in [5.41, 5.74) is 5.55. The number of aromatic amines is 1. The van der Waals surface area contributed by atoms with Crippen LogP contribution < -0.4 is 11.1 Å². The van der Waals surface area contributed by atoms with Gasteiger partial charge in [0.15, 0.2) is 0 Å². The van der Waals surface area contributed by atoms with Crippen LogP contribution in [-0.4, -0.2) is 21.1 Å². The van der Waals surface area contributed by atoms with Gasteiger partial charge in [-0.3, -0.25) is 9.89 Å². The molecule has 2 aromatic rings. The van der Waals surface area contributed by atoms with E-state index in [1.54, 1.807) is 0 Å². The fraction of sp³-hybridized carbons (Fsp3) is 0. The lowest BCUT2D eigenvalue weighted by Crippen LogP contribution is -2.13. The molecule has 0 atom stereocenters. The van der Waals surface area contributed by atoms with Crippen molar-refractivity contribution in [2.75, 3.05) is 11.1 Å². The Labute approximate surface area is 89.7 Å². The zero-order valence-corrected chi connectivity index (χ0v) is 8.07. The first-order valence-electron chi connectivity index (χ1n) is 4.39. The molecule has 0 aliphatic rings. The Hall–Kier alpha value is -2.44. The summed E-state index contributed by atoms with van der Waals surface area (Å²) in [7, 11) is 0. The number of nitrogens with one attached hydrogen (secondary N) is 2. The van der Waals surface area contributed by atoms with Crippen LogP contribution in [0.25, 0.3) is 0 Å². The molecule has 0 aliphatic carbocycles. The van der Waals surface area contributed by atoms with Crippen molar-refractivity contribution in [2.24, 2.45) is 0 Å². The molecule has 0 radical (unpaired) electrons. The molecule has 0 unspecified atom stereocenters. The van der Waals surface area contributed by atoms with Crippen LogP contribution in [0.15, 0.2) is 24.4 Å². The summed E-state index contributed by atoms with van der Waals surface area (Å²) < 4.78 is 12.5. The molecule has 0 saturated heterocycles. The third-order valence-electron chi connectivity index (χ3n) is 1.81. The summed E-state index contributed by atoms with van der Waals surface area (Å²) in [5.74, 6) is -0.441. The smallest absolute Gasteiger partial charge is 0.274 e. The number of nitrogens with two attached hydrogens (primary N) is 1. The lowest BCUT2D eigenvalue weighted by molar-refractivity contribution is 0.102. The van der Waals surface area contributed by atoms with Crippen LogP contribution in [0.1, 0.15) is 10.5 Å². The number of H-pyrrole nitrogens is 1. The summed E-state index contributed by atoms with van der Waals surface area (Å²) in [6.07, 6.45) is 1.01. The number of anilines is 2. The molecule has 0 saturated carbocycles. The number of hydrogen-bond acceptors (Lipinski definition) is 4. The van der Waals surface area contributed by atoms with Crippen LogP contribution in [0.2, 0.25) is 0 Å². The van der Waals surface area contributed by atoms with Crippen molar-refractivity contribution in [1.29, 1.82) is 0 Å². The first-order valence-corrected chi connectivity index (χ1v) is 4.39. The molecule has 2 aromatic heterocycles.